The minimum Gasteiger partial charge on any atom is -0.457 e. The van der Waals surface area contributed by atoms with Gasteiger partial charge in [-0.3, -0.25) is 0 Å². The molecule has 2 N–H and O–H groups in total. The van der Waals surface area contributed by atoms with Crippen molar-refractivity contribution in [2.45, 2.75) is 6.61 Å². The van der Waals surface area contributed by atoms with Gasteiger partial charge < -0.3 is 10.5 Å². The van der Waals surface area contributed by atoms with Crippen LogP contribution in [0.1, 0.15) is 15.9 Å². The molecule has 0 bridgehead atoms. The van der Waals surface area contributed by atoms with Crippen LogP contribution in [0.4, 0.5) is 10.1 Å². The number of ether oxygens (including phenoxy) is 1. The molecule has 0 unspecified atom stereocenters. The van der Waals surface area contributed by atoms with Gasteiger partial charge in [-0.05, 0) is 58.5 Å². The topological polar surface area (TPSA) is 52.3 Å². The molecule has 2 aromatic carbocycles. The quantitative estimate of drug-likeness (QED) is 0.512. The van der Waals surface area contributed by atoms with E-state index in [2.05, 4.69) is 22.6 Å². The average Bonchev–Trinajstić information content (AvgIpc) is 2.41. The van der Waals surface area contributed by atoms with Crippen LogP contribution in [0.3, 0.4) is 0 Å². The summed E-state index contributed by atoms with van der Waals surface area (Å²) in [6.45, 7) is 0.155. The van der Waals surface area contributed by atoms with Gasteiger partial charge in [0, 0.05) is 3.57 Å². The highest BCUT2D eigenvalue weighted by molar-refractivity contribution is 14.1. The van der Waals surface area contributed by atoms with Crippen molar-refractivity contribution >= 4 is 34.2 Å². The number of carbonyl (C=O) groups excluding carboxylic acids is 1. The van der Waals surface area contributed by atoms with Crippen molar-refractivity contribution in [2.75, 3.05) is 5.73 Å². The lowest BCUT2D eigenvalue weighted by molar-refractivity contribution is 0.0472. The second-order valence-electron chi connectivity index (χ2n) is 3.94. The molecular weight excluding hydrogens is 360 g/mol. The molecule has 0 saturated carbocycles. The Morgan fingerprint density at radius 1 is 1.21 bits per heavy atom. The normalized spacial score (nSPS) is 10.2. The maximum atomic E-state index is 13.2. The largest absolute Gasteiger partial charge is 0.457 e. The minimum atomic E-state index is -0.622. The number of anilines is 1. The highest BCUT2D eigenvalue weighted by Crippen LogP contribution is 2.14. The van der Waals surface area contributed by atoms with E-state index in [0.717, 1.165) is 15.2 Å². The van der Waals surface area contributed by atoms with Gasteiger partial charge in [-0.25, -0.2) is 9.18 Å². The predicted molar refractivity (Wildman–Crippen MR) is 79.1 cm³/mol. The monoisotopic (exact) mass is 371 g/mol. The van der Waals surface area contributed by atoms with Gasteiger partial charge in [0.2, 0.25) is 0 Å². The van der Waals surface area contributed by atoms with Crippen molar-refractivity contribution in [3.63, 3.8) is 0 Å². The zero-order valence-corrected chi connectivity index (χ0v) is 12.1. The van der Waals surface area contributed by atoms with E-state index in [-0.39, 0.29) is 17.9 Å². The summed E-state index contributed by atoms with van der Waals surface area (Å²) in [6, 6.07) is 11.5. The molecule has 98 valence electrons. The van der Waals surface area contributed by atoms with Crippen LogP contribution in [0.2, 0.25) is 0 Å². The third-order valence-corrected chi connectivity index (χ3v) is 3.24. The second-order valence-corrected chi connectivity index (χ2v) is 5.18. The average molecular weight is 371 g/mol. The summed E-state index contributed by atoms with van der Waals surface area (Å²) < 4.78 is 19.4. The fourth-order valence-corrected chi connectivity index (χ4v) is 1.83. The summed E-state index contributed by atoms with van der Waals surface area (Å²) >= 11 is 2.19. The summed E-state index contributed by atoms with van der Waals surface area (Å²) in [6.07, 6.45) is 0. The molecule has 0 aliphatic heterocycles. The Morgan fingerprint density at radius 2 is 1.89 bits per heavy atom. The van der Waals surface area contributed by atoms with E-state index in [1.165, 1.54) is 12.1 Å². The highest BCUT2D eigenvalue weighted by Gasteiger charge is 2.10. The van der Waals surface area contributed by atoms with E-state index in [0.29, 0.717) is 0 Å². The lowest BCUT2D eigenvalue weighted by Gasteiger charge is -2.06. The first kappa shape index (κ1) is 13.8. The fraction of sp³-hybridized carbons (Fsp3) is 0.0714. The third kappa shape index (κ3) is 3.66. The summed E-state index contributed by atoms with van der Waals surface area (Å²) in [4.78, 5) is 11.7. The number of benzene rings is 2. The van der Waals surface area contributed by atoms with Crippen molar-refractivity contribution in [3.05, 3.63) is 63.0 Å². The predicted octanol–water partition coefficient (Wildman–Crippen LogP) is 3.37. The molecule has 0 aromatic heterocycles. The Bertz CT molecular complexity index is 599. The van der Waals surface area contributed by atoms with Crippen LogP contribution in [-0.4, -0.2) is 5.97 Å². The van der Waals surface area contributed by atoms with Crippen molar-refractivity contribution in [3.8, 4) is 0 Å². The number of rotatable bonds is 3. The summed E-state index contributed by atoms with van der Waals surface area (Å²) in [5.74, 6) is -1.19. The minimum absolute atomic E-state index is 0.00850. The lowest BCUT2D eigenvalue weighted by Crippen LogP contribution is -2.06. The van der Waals surface area contributed by atoms with Crippen LogP contribution in [-0.2, 0) is 11.3 Å². The Kier molecular flexibility index (Phi) is 4.36. The zero-order chi connectivity index (χ0) is 13.8. The number of esters is 1. The molecule has 0 fully saturated rings. The van der Waals surface area contributed by atoms with Gasteiger partial charge in [0.05, 0.1) is 11.3 Å². The summed E-state index contributed by atoms with van der Waals surface area (Å²) in [5, 5.41) is 0. The van der Waals surface area contributed by atoms with Crippen molar-refractivity contribution < 1.29 is 13.9 Å². The molecule has 2 aromatic rings. The molecule has 0 amide bonds. The Balaban J connectivity index is 2.01. The van der Waals surface area contributed by atoms with Gasteiger partial charge in [0.25, 0.3) is 0 Å². The summed E-state index contributed by atoms with van der Waals surface area (Å²) in [7, 11) is 0. The molecule has 0 aliphatic rings. The van der Waals surface area contributed by atoms with Crippen LogP contribution < -0.4 is 5.73 Å². The fourth-order valence-electron chi connectivity index (χ4n) is 1.47. The molecule has 0 aliphatic carbocycles. The van der Waals surface area contributed by atoms with Gasteiger partial charge in [-0.15, -0.1) is 0 Å². The van der Waals surface area contributed by atoms with E-state index in [1.54, 1.807) is 0 Å². The first-order valence-corrected chi connectivity index (χ1v) is 6.61. The van der Waals surface area contributed by atoms with E-state index < -0.39 is 11.8 Å². The maximum absolute atomic E-state index is 13.2. The molecule has 5 heteroatoms. The highest BCUT2D eigenvalue weighted by atomic mass is 127. The standard InChI is InChI=1S/C14H11FINO2/c15-12-7-10(3-6-13(12)17)14(18)19-8-9-1-4-11(16)5-2-9/h1-7H,8,17H2. The van der Waals surface area contributed by atoms with Gasteiger partial charge in [0.15, 0.2) is 0 Å². The van der Waals surface area contributed by atoms with E-state index in [1.807, 2.05) is 24.3 Å². The van der Waals surface area contributed by atoms with Gasteiger partial charge >= 0.3 is 5.97 Å². The number of hydrogen-bond donors (Lipinski definition) is 1. The number of hydrogen-bond acceptors (Lipinski definition) is 3. The van der Waals surface area contributed by atoms with Crippen LogP contribution in [0.5, 0.6) is 0 Å². The second kappa shape index (κ2) is 6.01. The molecule has 3 nitrogen and oxygen atoms in total. The van der Waals surface area contributed by atoms with Crippen molar-refractivity contribution in [2.24, 2.45) is 0 Å². The zero-order valence-electron chi connectivity index (χ0n) is 9.90. The maximum Gasteiger partial charge on any atom is 0.338 e. The van der Waals surface area contributed by atoms with Crippen LogP contribution >= 0.6 is 22.6 Å². The SMILES string of the molecule is Nc1ccc(C(=O)OCc2ccc(I)cc2)cc1F. The molecular formula is C14H11FINO2. The lowest BCUT2D eigenvalue weighted by atomic mass is 10.2. The van der Waals surface area contributed by atoms with E-state index >= 15 is 0 Å². The Hall–Kier alpha value is -1.63. The van der Waals surface area contributed by atoms with E-state index in [9.17, 15) is 9.18 Å². The molecule has 0 radical (unpaired) electrons. The first-order chi connectivity index (χ1) is 9.06. The number of nitrogens with two attached hydrogens (primary N) is 1. The molecule has 19 heavy (non-hydrogen) atoms. The van der Waals surface area contributed by atoms with Crippen LogP contribution in [0.25, 0.3) is 0 Å². The smallest absolute Gasteiger partial charge is 0.338 e. The number of nitrogen functional groups attached to an aromatic ring is 1. The van der Waals surface area contributed by atoms with Crippen molar-refractivity contribution in [1.82, 2.24) is 0 Å². The van der Waals surface area contributed by atoms with Gasteiger partial charge in [-0.1, -0.05) is 12.1 Å². The molecule has 0 atom stereocenters. The number of halogens is 2. The summed E-state index contributed by atoms with van der Waals surface area (Å²) in [5.41, 5.74) is 6.38. The number of carbonyl (C=O) groups is 1. The van der Waals surface area contributed by atoms with Gasteiger partial charge in [-0.2, -0.15) is 0 Å². The van der Waals surface area contributed by atoms with E-state index in [4.69, 9.17) is 10.5 Å². The first-order valence-electron chi connectivity index (χ1n) is 5.53. The Morgan fingerprint density at radius 3 is 2.53 bits per heavy atom. The molecule has 0 saturated heterocycles. The Labute approximate surface area is 123 Å². The molecule has 0 spiro atoms. The molecule has 2 rings (SSSR count). The van der Waals surface area contributed by atoms with Crippen molar-refractivity contribution in [1.29, 1.82) is 0 Å². The third-order valence-electron chi connectivity index (χ3n) is 2.52. The van der Waals surface area contributed by atoms with Crippen LogP contribution in [0, 0.1) is 9.39 Å². The van der Waals surface area contributed by atoms with Gasteiger partial charge in [0.1, 0.15) is 12.4 Å². The molecule has 0 heterocycles. The van der Waals surface area contributed by atoms with Crippen LogP contribution in [0.15, 0.2) is 42.5 Å².